The summed E-state index contributed by atoms with van der Waals surface area (Å²) in [5.41, 5.74) is 0.740. The molecule has 0 unspecified atom stereocenters. The molecular weight excluding hydrogens is 399 g/mol. The van der Waals surface area contributed by atoms with Gasteiger partial charge in [-0.1, -0.05) is 41.4 Å². The first-order valence-electron chi connectivity index (χ1n) is 7.55. The standard InChI is InChI=1S/C17H18Cl2N2O4S/c1-21(11-17(22)20-10-12-5-3-4-6-14(12)19)26(23,24)16-9-13(18)7-8-15(16)25-2/h3-9H,10-11H2,1-2H3,(H,20,22). The average molecular weight is 417 g/mol. The molecule has 0 spiro atoms. The lowest BCUT2D eigenvalue weighted by Gasteiger charge is -2.19. The molecule has 0 aromatic heterocycles. The van der Waals surface area contributed by atoms with E-state index in [-0.39, 0.29) is 28.8 Å². The summed E-state index contributed by atoms with van der Waals surface area (Å²) < 4.78 is 31.4. The third-order valence-corrected chi connectivity index (χ3v) is 6.04. The van der Waals surface area contributed by atoms with E-state index < -0.39 is 15.9 Å². The van der Waals surface area contributed by atoms with Crippen molar-refractivity contribution in [2.75, 3.05) is 20.7 Å². The van der Waals surface area contributed by atoms with Crippen LogP contribution < -0.4 is 10.1 Å². The highest BCUT2D eigenvalue weighted by Gasteiger charge is 2.26. The van der Waals surface area contributed by atoms with Gasteiger partial charge in [-0.25, -0.2) is 8.42 Å². The molecule has 0 bridgehead atoms. The van der Waals surface area contributed by atoms with Crippen molar-refractivity contribution in [1.82, 2.24) is 9.62 Å². The number of rotatable bonds is 7. The fourth-order valence-electron chi connectivity index (χ4n) is 2.20. The molecule has 0 atom stereocenters. The molecule has 2 aromatic rings. The quantitative estimate of drug-likeness (QED) is 0.752. The van der Waals surface area contributed by atoms with Crippen molar-refractivity contribution in [2.24, 2.45) is 0 Å². The molecule has 0 heterocycles. The highest BCUT2D eigenvalue weighted by atomic mass is 35.5. The van der Waals surface area contributed by atoms with Crippen LogP contribution in [0.2, 0.25) is 10.0 Å². The van der Waals surface area contributed by atoms with E-state index in [1.807, 2.05) is 0 Å². The number of benzene rings is 2. The van der Waals surface area contributed by atoms with Crippen LogP contribution in [0.1, 0.15) is 5.56 Å². The van der Waals surface area contributed by atoms with Crippen molar-refractivity contribution < 1.29 is 17.9 Å². The van der Waals surface area contributed by atoms with Gasteiger partial charge in [-0.05, 0) is 29.8 Å². The Morgan fingerprint density at radius 2 is 1.88 bits per heavy atom. The third kappa shape index (κ3) is 4.88. The molecule has 2 rings (SSSR count). The predicted molar refractivity (Wildman–Crippen MR) is 101 cm³/mol. The van der Waals surface area contributed by atoms with Crippen LogP contribution in [-0.4, -0.2) is 39.3 Å². The zero-order valence-electron chi connectivity index (χ0n) is 14.2. The molecule has 2 aromatic carbocycles. The Bertz CT molecular complexity index is 903. The Kier molecular flexibility index (Phi) is 6.88. The lowest BCUT2D eigenvalue weighted by molar-refractivity contribution is -0.121. The minimum Gasteiger partial charge on any atom is -0.495 e. The van der Waals surface area contributed by atoms with E-state index >= 15 is 0 Å². The van der Waals surface area contributed by atoms with Crippen molar-refractivity contribution in [3.05, 3.63) is 58.1 Å². The van der Waals surface area contributed by atoms with Gasteiger partial charge < -0.3 is 10.1 Å². The van der Waals surface area contributed by atoms with Crippen molar-refractivity contribution in [2.45, 2.75) is 11.4 Å². The number of hydrogen-bond acceptors (Lipinski definition) is 4. The zero-order valence-corrected chi connectivity index (χ0v) is 16.5. The molecule has 0 aliphatic heterocycles. The summed E-state index contributed by atoms with van der Waals surface area (Å²) in [6.45, 7) is -0.157. The number of carbonyl (C=O) groups is 1. The molecule has 1 N–H and O–H groups in total. The van der Waals surface area contributed by atoms with Crippen molar-refractivity contribution in [3.63, 3.8) is 0 Å². The Hall–Kier alpha value is -1.80. The second-order valence-electron chi connectivity index (χ2n) is 5.42. The van der Waals surface area contributed by atoms with E-state index in [1.54, 1.807) is 24.3 Å². The van der Waals surface area contributed by atoms with E-state index in [0.29, 0.717) is 5.02 Å². The molecule has 0 fully saturated rings. The van der Waals surface area contributed by atoms with Crippen LogP contribution in [0.15, 0.2) is 47.4 Å². The summed E-state index contributed by atoms with van der Waals surface area (Å²) >= 11 is 11.9. The molecule has 0 radical (unpaired) electrons. The molecular formula is C17H18Cl2N2O4S. The first-order valence-corrected chi connectivity index (χ1v) is 9.75. The van der Waals surface area contributed by atoms with Crippen LogP contribution in [0.4, 0.5) is 0 Å². The molecule has 0 aliphatic rings. The van der Waals surface area contributed by atoms with Crippen LogP contribution >= 0.6 is 23.2 Å². The average Bonchev–Trinajstić information content (AvgIpc) is 2.61. The van der Waals surface area contributed by atoms with Gasteiger partial charge in [-0.3, -0.25) is 4.79 Å². The SMILES string of the molecule is COc1ccc(Cl)cc1S(=O)(=O)N(C)CC(=O)NCc1ccccc1Cl. The Labute approximate surface area is 162 Å². The van der Waals surface area contributed by atoms with E-state index in [4.69, 9.17) is 27.9 Å². The molecule has 0 saturated heterocycles. The second kappa shape index (κ2) is 8.73. The van der Waals surface area contributed by atoms with Crippen molar-refractivity contribution >= 4 is 39.1 Å². The highest BCUT2D eigenvalue weighted by Crippen LogP contribution is 2.29. The Balaban J connectivity index is 2.08. The van der Waals surface area contributed by atoms with E-state index in [1.165, 1.54) is 32.4 Å². The maximum atomic E-state index is 12.7. The fraction of sp³-hybridized carbons (Fsp3) is 0.235. The Morgan fingerprint density at radius 1 is 1.19 bits per heavy atom. The first-order chi connectivity index (χ1) is 12.3. The van der Waals surface area contributed by atoms with Crippen LogP contribution in [0, 0.1) is 0 Å². The van der Waals surface area contributed by atoms with Gasteiger partial charge in [-0.2, -0.15) is 4.31 Å². The number of hydrogen-bond donors (Lipinski definition) is 1. The third-order valence-electron chi connectivity index (χ3n) is 3.61. The van der Waals surface area contributed by atoms with Gasteiger partial charge in [-0.15, -0.1) is 0 Å². The molecule has 6 nitrogen and oxygen atoms in total. The van der Waals surface area contributed by atoms with Crippen LogP contribution in [0.5, 0.6) is 5.75 Å². The summed E-state index contributed by atoms with van der Waals surface area (Å²) in [5.74, 6) is -0.310. The van der Waals surface area contributed by atoms with E-state index in [0.717, 1.165) is 9.87 Å². The fourth-order valence-corrected chi connectivity index (χ4v) is 3.94. The lowest BCUT2D eigenvalue weighted by atomic mass is 10.2. The molecule has 26 heavy (non-hydrogen) atoms. The summed E-state index contributed by atoms with van der Waals surface area (Å²) in [4.78, 5) is 12.0. The smallest absolute Gasteiger partial charge is 0.247 e. The molecule has 140 valence electrons. The molecule has 1 amide bonds. The van der Waals surface area contributed by atoms with Crippen LogP contribution in [0.3, 0.4) is 0 Å². The number of sulfonamides is 1. The van der Waals surface area contributed by atoms with Gasteiger partial charge >= 0.3 is 0 Å². The summed E-state index contributed by atoms with van der Waals surface area (Å²) in [7, 11) is -1.28. The number of amides is 1. The topological polar surface area (TPSA) is 75.7 Å². The Morgan fingerprint density at radius 3 is 2.54 bits per heavy atom. The first kappa shape index (κ1) is 20.5. The van der Waals surface area contributed by atoms with Crippen LogP contribution in [-0.2, 0) is 21.4 Å². The van der Waals surface area contributed by atoms with E-state index in [2.05, 4.69) is 5.32 Å². The largest absolute Gasteiger partial charge is 0.495 e. The summed E-state index contributed by atoms with van der Waals surface area (Å²) in [6, 6.07) is 11.3. The second-order valence-corrected chi connectivity index (χ2v) is 8.28. The van der Waals surface area contributed by atoms with Gasteiger partial charge in [0.2, 0.25) is 15.9 Å². The van der Waals surface area contributed by atoms with Gasteiger partial charge in [0.15, 0.2) is 0 Å². The molecule has 0 aliphatic carbocycles. The predicted octanol–water partition coefficient (Wildman–Crippen LogP) is 2.94. The number of halogens is 2. The minimum absolute atomic E-state index is 0.103. The normalized spacial score (nSPS) is 11.4. The summed E-state index contributed by atoms with van der Waals surface area (Å²) in [6.07, 6.45) is 0. The number of likely N-dealkylation sites (N-methyl/N-ethyl adjacent to an activating group) is 1. The van der Waals surface area contributed by atoms with Crippen LogP contribution in [0.25, 0.3) is 0 Å². The van der Waals surface area contributed by atoms with Crippen molar-refractivity contribution in [1.29, 1.82) is 0 Å². The lowest BCUT2D eigenvalue weighted by Crippen LogP contribution is -2.38. The monoisotopic (exact) mass is 416 g/mol. The van der Waals surface area contributed by atoms with Gasteiger partial charge in [0.05, 0.1) is 13.7 Å². The number of ether oxygens (including phenoxy) is 1. The molecule has 9 heteroatoms. The summed E-state index contributed by atoms with van der Waals surface area (Å²) in [5, 5.41) is 3.42. The van der Waals surface area contributed by atoms with Gasteiger partial charge in [0.1, 0.15) is 10.6 Å². The molecule has 0 saturated carbocycles. The maximum Gasteiger partial charge on any atom is 0.247 e. The number of nitrogens with zero attached hydrogens (tertiary/aromatic N) is 1. The number of carbonyl (C=O) groups excluding carboxylic acids is 1. The maximum absolute atomic E-state index is 12.7. The minimum atomic E-state index is -3.95. The number of nitrogens with one attached hydrogen (secondary N) is 1. The van der Waals surface area contributed by atoms with Crippen molar-refractivity contribution in [3.8, 4) is 5.75 Å². The van der Waals surface area contributed by atoms with Gasteiger partial charge in [0.25, 0.3) is 0 Å². The van der Waals surface area contributed by atoms with E-state index in [9.17, 15) is 13.2 Å². The zero-order chi connectivity index (χ0) is 19.3. The highest BCUT2D eigenvalue weighted by molar-refractivity contribution is 7.89. The van der Waals surface area contributed by atoms with Gasteiger partial charge in [0, 0.05) is 23.6 Å². The number of methoxy groups -OCH3 is 1.